The number of amides is 1. The Morgan fingerprint density at radius 1 is 1.10 bits per heavy atom. The van der Waals surface area contributed by atoms with Gasteiger partial charge >= 0.3 is 5.97 Å². The van der Waals surface area contributed by atoms with Crippen LogP contribution >= 0.6 is 0 Å². The van der Waals surface area contributed by atoms with Gasteiger partial charge in [0.2, 0.25) is 5.91 Å². The summed E-state index contributed by atoms with van der Waals surface area (Å²) in [6.07, 6.45) is 0. The number of carboxylic acid groups (broad SMARTS) is 1. The Bertz CT molecular complexity index is 333. The quantitative estimate of drug-likeness (QED) is 0.725. The fourth-order valence-corrected chi connectivity index (χ4v) is 2.08. The summed E-state index contributed by atoms with van der Waals surface area (Å²) >= 11 is 0. The van der Waals surface area contributed by atoms with E-state index < -0.39 is 17.3 Å². The van der Waals surface area contributed by atoms with Gasteiger partial charge in [-0.1, -0.05) is 34.6 Å². The van der Waals surface area contributed by atoms with Crippen molar-refractivity contribution in [3.63, 3.8) is 0 Å². The molecule has 0 heterocycles. The Hall–Kier alpha value is -1.10. The molecular formula is C15H30N2O3. The molecule has 1 unspecified atom stereocenters. The van der Waals surface area contributed by atoms with E-state index in [4.69, 9.17) is 0 Å². The van der Waals surface area contributed by atoms with Gasteiger partial charge in [-0.05, 0) is 25.4 Å². The van der Waals surface area contributed by atoms with E-state index in [-0.39, 0.29) is 5.91 Å². The standard InChI is InChI=1S/C15H30N2O3/c1-11(2)10-17(9-8-16(6)7)13(18)12(14(19)20)15(3,4)5/h11-12H,8-10H2,1-7H3,(H,19,20). The number of carboxylic acids is 1. The highest BCUT2D eigenvalue weighted by atomic mass is 16.4. The van der Waals surface area contributed by atoms with Crippen molar-refractivity contribution in [2.24, 2.45) is 17.3 Å². The molecule has 5 nitrogen and oxygen atoms in total. The molecule has 0 rings (SSSR count). The summed E-state index contributed by atoms with van der Waals surface area (Å²) in [6, 6.07) is 0. The van der Waals surface area contributed by atoms with Gasteiger partial charge in [-0.25, -0.2) is 0 Å². The average molecular weight is 286 g/mol. The highest BCUT2D eigenvalue weighted by Gasteiger charge is 2.40. The molecule has 0 fully saturated rings. The van der Waals surface area contributed by atoms with Crippen LogP contribution in [0.25, 0.3) is 0 Å². The summed E-state index contributed by atoms with van der Waals surface area (Å²) < 4.78 is 0. The van der Waals surface area contributed by atoms with E-state index in [0.29, 0.717) is 19.0 Å². The molecule has 5 heteroatoms. The van der Waals surface area contributed by atoms with Gasteiger partial charge in [0.25, 0.3) is 0 Å². The molecule has 0 aliphatic heterocycles. The second kappa shape index (κ2) is 7.62. The van der Waals surface area contributed by atoms with Crippen LogP contribution in [0.4, 0.5) is 0 Å². The van der Waals surface area contributed by atoms with Crippen LogP contribution < -0.4 is 0 Å². The lowest BCUT2D eigenvalue weighted by Crippen LogP contribution is -2.48. The molecule has 0 saturated carbocycles. The lowest BCUT2D eigenvalue weighted by molar-refractivity contribution is -0.156. The maximum absolute atomic E-state index is 12.6. The summed E-state index contributed by atoms with van der Waals surface area (Å²) in [5, 5.41) is 9.38. The van der Waals surface area contributed by atoms with Crippen molar-refractivity contribution in [2.45, 2.75) is 34.6 Å². The first kappa shape index (κ1) is 18.9. The van der Waals surface area contributed by atoms with Crippen molar-refractivity contribution in [2.75, 3.05) is 33.7 Å². The van der Waals surface area contributed by atoms with Crippen molar-refractivity contribution in [3.05, 3.63) is 0 Å². The summed E-state index contributed by atoms with van der Waals surface area (Å²) in [5.41, 5.74) is -0.587. The number of hydrogen-bond donors (Lipinski definition) is 1. The van der Waals surface area contributed by atoms with E-state index in [1.807, 2.05) is 32.8 Å². The zero-order chi connectivity index (χ0) is 16.1. The fraction of sp³-hybridized carbons (Fsp3) is 0.867. The number of carbonyl (C=O) groups is 2. The van der Waals surface area contributed by atoms with Crippen LogP contribution in [0.5, 0.6) is 0 Å². The van der Waals surface area contributed by atoms with Crippen LogP contribution in [0.15, 0.2) is 0 Å². The van der Waals surface area contributed by atoms with E-state index in [0.717, 1.165) is 6.54 Å². The number of likely N-dealkylation sites (N-methyl/N-ethyl adjacent to an activating group) is 1. The van der Waals surface area contributed by atoms with Gasteiger partial charge in [0.15, 0.2) is 0 Å². The normalized spacial score (nSPS) is 13.7. The first-order valence-corrected chi connectivity index (χ1v) is 7.13. The van der Waals surface area contributed by atoms with Crippen LogP contribution in [0.3, 0.4) is 0 Å². The molecular weight excluding hydrogens is 256 g/mol. The molecule has 20 heavy (non-hydrogen) atoms. The smallest absolute Gasteiger partial charge is 0.316 e. The molecule has 0 aliphatic rings. The van der Waals surface area contributed by atoms with E-state index in [9.17, 15) is 14.7 Å². The second-order valence-electron chi connectivity index (χ2n) is 7.12. The lowest BCUT2D eigenvalue weighted by atomic mass is 9.79. The van der Waals surface area contributed by atoms with Gasteiger partial charge in [0.1, 0.15) is 5.92 Å². The average Bonchev–Trinajstić information content (AvgIpc) is 2.20. The molecule has 0 saturated heterocycles. The SMILES string of the molecule is CC(C)CN(CCN(C)C)C(=O)C(C(=O)O)C(C)(C)C. The van der Waals surface area contributed by atoms with E-state index in [1.165, 1.54) is 0 Å². The monoisotopic (exact) mass is 286 g/mol. The second-order valence-corrected chi connectivity index (χ2v) is 7.12. The minimum atomic E-state index is -1.04. The maximum Gasteiger partial charge on any atom is 0.316 e. The summed E-state index contributed by atoms with van der Waals surface area (Å²) in [5.74, 6) is -2.00. The zero-order valence-corrected chi connectivity index (χ0v) is 13.9. The van der Waals surface area contributed by atoms with Crippen molar-refractivity contribution in [1.29, 1.82) is 0 Å². The molecule has 1 amide bonds. The van der Waals surface area contributed by atoms with Gasteiger partial charge < -0.3 is 14.9 Å². The molecule has 1 atom stereocenters. The molecule has 0 radical (unpaired) electrons. The highest BCUT2D eigenvalue weighted by Crippen LogP contribution is 2.28. The van der Waals surface area contributed by atoms with Crippen molar-refractivity contribution < 1.29 is 14.7 Å². The first-order valence-electron chi connectivity index (χ1n) is 7.13. The molecule has 0 bridgehead atoms. The van der Waals surface area contributed by atoms with Crippen molar-refractivity contribution in [3.8, 4) is 0 Å². The van der Waals surface area contributed by atoms with Crippen LogP contribution in [0.2, 0.25) is 0 Å². The summed E-state index contributed by atoms with van der Waals surface area (Å²) in [4.78, 5) is 27.7. The molecule has 118 valence electrons. The zero-order valence-electron chi connectivity index (χ0n) is 13.9. The van der Waals surface area contributed by atoms with Gasteiger partial charge in [-0.2, -0.15) is 0 Å². The largest absolute Gasteiger partial charge is 0.481 e. The molecule has 0 aromatic rings. The first-order chi connectivity index (χ1) is 8.96. The van der Waals surface area contributed by atoms with Crippen LogP contribution in [-0.2, 0) is 9.59 Å². The summed E-state index contributed by atoms with van der Waals surface area (Å²) in [6.45, 7) is 11.3. The lowest BCUT2D eigenvalue weighted by Gasteiger charge is -2.33. The Morgan fingerprint density at radius 2 is 1.60 bits per heavy atom. The number of hydrogen-bond acceptors (Lipinski definition) is 3. The molecule has 0 aliphatic carbocycles. The Kier molecular flexibility index (Phi) is 7.20. The number of carbonyl (C=O) groups excluding carboxylic acids is 1. The minimum absolute atomic E-state index is 0.277. The van der Waals surface area contributed by atoms with Crippen LogP contribution in [0.1, 0.15) is 34.6 Å². The van der Waals surface area contributed by atoms with Crippen LogP contribution in [-0.4, -0.2) is 60.5 Å². The third-order valence-electron chi connectivity index (χ3n) is 3.07. The minimum Gasteiger partial charge on any atom is -0.481 e. The predicted molar refractivity (Wildman–Crippen MR) is 80.6 cm³/mol. The number of aliphatic carboxylic acids is 1. The predicted octanol–water partition coefficient (Wildman–Crippen LogP) is 1.78. The van der Waals surface area contributed by atoms with Gasteiger partial charge in [-0.3, -0.25) is 9.59 Å². The van der Waals surface area contributed by atoms with Crippen LogP contribution in [0, 0.1) is 17.3 Å². The molecule has 0 aromatic heterocycles. The molecule has 1 N–H and O–H groups in total. The van der Waals surface area contributed by atoms with E-state index >= 15 is 0 Å². The Balaban J connectivity index is 5.11. The third kappa shape index (κ3) is 6.37. The number of nitrogens with zero attached hydrogens (tertiary/aromatic N) is 2. The van der Waals surface area contributed by atoms with Gasteiger partial charge in [-0.15, -0.1) is 0 Å². The van der Waals surface area contributed by atoms with E-state index in [2.05, 4.69) is 0 Å². The van der Waals surface area contributed by atoms with Crippen molar-refractivity contribution in [1.82, 2.24) is 9.80 Å². The summed E-state index contributed by atoms with van der Waals surface area (Å²) in [7, 11) is 3.88. The molecule has 0 aromatic carbocycles. The Morgan fingerprint density at radius 3 is 1.90 bits per heavy atom. The fourth-order valence-electron chi connectivity index (χ4n) is 2.08. The van der Waals surface area contributed by atoms with Crippen molar-refractivity contribution >= 4 is 11.9 Å². The number of rotatable bonds is 7. The van der Waals surface area contributed by atoms with Gasteiger partial charge in [0.05, 0.1) is 0 Å². The maximum atomic E-state index is 12.6. The third-order valence-corrected chi connectivity index (χ3v) is 3.07. The van der Waals surface area contributed by atoms with E-state index in [1.54, 1.807) is 25.7 Å². The molecule has 0 spiro atoms. The topological polar surface area (TPSA) is 60.9 Å². The van der Waals surface area contributed by atoms with Gasteiger partial charge in [0, 0.05) is 19.6 Å². The Labute approximate surface area is 122 Å². The highest BCUT2D eigenvalue weighted by molar-refractivity contribution is 5.97.